The van der Waals surface area contributed by atoms with Gasteiger partial charge in [-0.1, -0.05) is 24.3 Å². The molecule has 0 saturated carbocycles. The molecule has 0 bridgehead atoms. The van der Waals surface area contributed by atoms with Crippen molar-refractivity contribution in [3.63, 3.8) is 0 Å². The number of hydrogen-bond donors (Lipinski definition) is 0. The van der Waals surface area contributed by atoms with Gasteiger partial charge >= 0.3 is 0 Å². The van der Waals surface area contributed by atoms with E-state index in [0.29, 0.717) is 12.8 Å². The minimum Gasteiger partial charge on any atom is -0.300 e. The Morgan fingerprint density at radius 2 is 2.14 bits per heavy atom. The van der Waals surface area contributed by atoms with Crippen LogP contribution in [0.4, 0.5) is 8.78 Å². The van der Waals surface area contributed by atoms with Crippen LogP contribution < -0.4 is 0 Å². The highest BCUT2D eigenvalue weighted by molar-refractivity contribution is 5.75. The molecule has 0 aliphatic rings. The van der Waals surface area contributed by atoms with E-state index in [1.807, 2.05) is 0 Å². The molecule has 3 heteroatoms. The molecule has 1 nitrogen and oxygen atoms in total. The third kappa shape index (κ3) is 3.24. The maximum atomic E-state index is 12.3. The molecule has 0 radical (unpaired) electrons. The third-order valence-electron chi connectivity index (χ3n) is 1.97. The van der Waals surface area contributed by atoms with Gasteiger partial charge in [0.25, 0.3) is 6.43 Å². The first kappa shape index (κ1) is 10.8. The molecule has 0 unspecified atom stereocenters. The van der Waals surface area contributed by atoms with Gasteiger partial charge < -0.3 is 4.79 Å². The molecular weight excluding hydrogens is 186 g/mol. The number of alkyl halides is 2. The fraction of sp³-hybridized carbons (Fsp3) is 0.364. The monoisotopic (exact) mass is 198 g/mol. The smallest absolute Gasteiger partial charge is 0.263 e. The number of hydrogen-bond acceptors (Lipinski definition) is 1. The summed E-state index contributed by atoms with van der Waals surface area (Å²) in [4.78, 5) is 10.7. The average Bonchev–Trinajstić information content (AvgIpc) is 2.15. The van der Waals surface area contributed by atoms with Crippen LogP contribution in [-0.4, -0.2) is 5.78 Å². The van der Waals surface area contributed by atoms with Gasteiger partial charge in [0.15, 0.2) is 0 Å². The van der Waals surface area contributed by atoms with E-state index in [4.69, 9.17) is 0 Å². The lowest BCUT2D eigenvalue weighted by Crippen LogP contribution is -1.95. The van der Waals surface area contributed by atoms with Crippen molar-refractivity contribution in [1.29, 1.82) is 0 Å². The van der Waals surface area contributed by atoms with Crippen molar-refractivity contribution in [3.05, 3.63) is 35.4 Å². The van der Waals surface area contributed by atoms with Gasteiger partial charge in [0.2, 0.25) is 0 Å². The lowest BCUT2D eigenvalue weighted by molar-refractivity contribution is -0.116. The van der Waals surface area contributed by atoms with E-state index in [1.165, 1.54) is 19.1 Å². The van der Waals surface area contributed by atoms with Crippen molar-refractivity contribution in [3.8, 4) is 0 Å². The van der Waals surface area contributed by atoms with E-state index < -0.39 is 6.43 Å². The molecule has 1 aromatic carbocycles. The van der Waals surface area contributed by atoms with Gasteiger partial charge in [-0.05, 0) is 18.9 Å². The normalized spacial score (nSPS) is 10.6. The topological polar surface area (TPSA) is 17.1 Å². The molecule has 0 aliphatic carbocycles. The second kappa shape index (κ2) is 4.84. The van der Waals surface area contributed by atoms with Crippen LogP contribution in [0, 0.1) is 0 Å². The highest BCUT2D eigenvalue weighted by Crippen LogP contribution is 2.19. The van der Waals surface area contributed by atoms with Crippen molar-refractivity contribution in [2.24, 2.45) is 0 Å². The fourth-order valence-corrected chi connectivity index (χ4v) is 1.20. The van der Waals surface area contributed by atoms with E-state index in [0.717, 1.165) is 5.56 Å². The molecule has 0 aliphatic heterocycles. The quantitative estimate of drug-likeness (QED) is 0.726. The number of halogens is 2. The number of rotatable bonds is 4. The summed E-state index contributed by atoms with van der Waals surface area (Å²) < 4.78 is 24.6. The minimum absolute atomic E-state index is 0.0195. The number of ketones is 1. The number of aryl methyl sites for hydroxylation is 1. The van der Waals surface area contributed by atoms with Crippen LogP contribution in [0.15, 0.2) is 24.3 Å². The fourth-order valence-electron chi connectivity index (χ4n) is 1.20. The molecular formula is C11H12F2O. The SMILES string of the molecule is CC(=O)CCc1cccc(C(F)F)c1. The van der Waals surface area contributed by atoms with Gasteiger partial charge in [0.1, 0.15) is 5.78 Å². The van der Waals surface area contributed by atoms with Crippen molar-refractivity contribution < 1.29 is 13.6 Å². The lowest BCUT2D eigenvalue weighted by atomic mass is 10.1. The van der Waals surface area contributed by atoms with Gasteiger partial charge in [0.05, 0.1) is 0 Å². The average molecular weight is 198 g/mol. The first-order chi connectivity index (χ1) is 6.59. The Bertz CT molecular complexity index is 321. The summed E-state index contributed by atoms with van der Waals surface area (Å²) in [6.45, 7) is 1.50. The van der Waals surface area contributed by atoms with E-state index in [1.54, 1.807) is 12.1 Å². The first-order valence-electron chi connectivity index (χ1n) is 4.46. The van der Waals surface area contributed by atoms with Crippen LogP contribution in [0.5, 0.6) is 0 Å². The Morgan fingerprint density at radius 1 is 1.43 bits per heavy atom. The molecule has 0 aromatic heterocycles. The van der Waals surface area contributed by atoms with E-state index in [2.05, 4.69) is 0 Å². The van der Waals surface area contributed by atoms with E-state index in [-0.39, 0.29) is 11.3 Å². The number of benzene rings is 1. The molecule has 1 aromatic rings. The summed E-state index contributed by atoms with van der Waals surface area (Å²) in [5, 5.41) is 0. The summed E-state index contributed by atoms with van der Waals surface area (Å²) in [6.07, 6.45) is -1.49. The van der Waals surface area contributed by atoms with Gasteiger partial charge in [-0.3, -0.25) is 0 Å². The molecule has 0 N–H and O–H groups in total. The van der Waals surface area contributed by atoms with Crippen LogP contribution in [-0.2, 0) is 11.2 Å². The minimum atomic E-state index is -2.44. The molecule has 0 saturated heterocycles. The zero-order chi connectivity index (χ0) is 10.6. The molecule has 0 atom stereocenters. The Morgan fingerprint density at radius 3 is 2.71 bits per heavy atom. The summed E-state index contributed by atoms with van der Waals surface area (Å²) in [5.74, 6) is 0.0763. The highest BCUT2D eigenvalue weighted by Gasteiger charge is 2.06. The molecule has 0 amide bonds. The van der Waals surface area contributed by atoms with Crippen LogP contribution in [0.2, 0.25) is 0 Å². The maximum absolute atomic E-state index is 12.3. The summed E-state index contributed by atoms with van der Waals surface area (Å²) >= 11 is 0. The Balaban J connectivity index is 2.68. The molecule has 76 valence electrons. The molecule has 0 heterocycles. The Kier molecular flexibility index (Phi) is 3.74. The zero-order valence-electron chi connectivity index (χ0n) is 7.97. The molecule has 14 heavy (non-hydrogen) atoms. The number of Topliss-reactive ketones (excluding diaryl/α,β-unsaturated/α-hetero) is 1. The number of carbonyl (C=O) groups is 1. The Labute approximate surface area is 81.7 Å². The Hall–Kier alpha value is -1.25. The van der Waals surface area contributed by atoms with Crippen molar-refractivity contribution >= 4 is 5.78 Å². The van der Waals surface area contributed by atoms with Gasteiger partial charge in [0, 0.05) is 12.0 Å². The van der Waals surface area contributed by atoms with Gasteiger partial charge in [-0.25, -0.2) is 8.78 Å². The predicted octanol–water partition coefficient (Wildman–Crippen LogP) is 3.15. The van der Waals surface area contributed by atoms with E-state index >= 15 is 0 Å². The molecule has 1 rings (SSSR count). The van der Waals surface area contributed by atoms with Crippen LogP contribution in [0.25, 0.3) is 0 Å². The predicted molar refractivity (Wildman–Crippen MR) is 50.4 cm³/mol. The highest BCUT2D eigenvalue weighted by atomic mass is 19.3. The summed E-state index contributed by atoms with van der Waals surface area (Å²) in [7, 11) is 0. The van der Waals surface area contributed by atoms with Crippen LogP contribution in [0.1, 0.15) is 30.9 Å². The zero-order valence-corrected chi connectivity index (χ0v) is 7.97. The van der Waals surface area contributed by atoms with Crippen molar-refractivity contribution in [2.75, 3.05) is 0 Å². The largest absolute Gasteiger partial charge is 0.300 e. The van der Waals surface area contributed by atoms with Gasteiger partial charge in [-0.15, -0.1) is 0 Å². The van der Waals surface area contributed by atoms with Crippen molar-refractivity contribution in [2.45, 2.75) is 26.2 Å². The van der Waals surface area contributed by atoms with Gasteiger partial charge in [-0.2, -0.15) is 0 Å². The summed E-state index contributed by atoms with van der Waals surface area (Å²) in [6, 6.07) is 6.20. The maximum Gasteiger partial charge on any atom is 0.263 e. The standard InChI is InChI=1S/C11H12F2O/c1-8(14)5-6-9-3-2-4-10(7-9)11(12)13/h2-4,7,11H,5-6H2,1H3. The first-order valence-corrected chi connectivity index (χ1v) is 4.46. The third-order valence-corrected chi connectivity index (χ3v) is 1.97. The summed E-state index contributed by atoms with van der Waals surface area (Å²) in [5.41, 5.74) is 0.809. The van der Waals surface area contributed by atoms with Crippen LogP contribution in [0.3, 0.4) is 0 Å². The number of carbonyl (C=O) groups excluding carboxylic acids is 1. The second-order valence-corrected chi connectivity index (χ2v) is 3.25. The lowest BCUT2D eigenvalue weighted by Gasteiger charge is -2.03. The van der Waals surface area contributed by atoms with Crippen molar-refractivity contribution in [1.82, 2.24) is 0 Å². The van der Waals surface area contributed by atoms with E-state index in [9.17, 15) is 13.6 Å². The molecule has 0 fully saturated rings. The van der Waals surface area contributed by atoms with Crippen LogP contribution >= 0.6 is 0 Å². The molecule has 0 spiro atoms. The second-order valence-electron chi connectivity index (χ2n) is 3.25.